The monoisotopic (exact) mass is 344 g/mol. The largest absolute Gasteiger partial charge is 0.507 e. The molecule has 3 rings (SSSR count). The summed E-state index contributed by atoms with van der Waals surface area (Å²) < 4.78 is 0. The highest BCUT2D eigenvalue weighted by Gasteiger charge is 2.18. The Labute approximate surface area is 152 Å². The molecule has 0 saturated carbocycles. The normalized spacial score (nSPS) is 11.5. The summed E-state index contributed by atoms with van der Waals surface area (Å²) in [4.78, 5) is 16.1. The van der Waals surface area contributed by atoms with E-state index < -0.39 is 0 Å². The third kappa shape index (κ3) is 3.00. The van der Waals surface area contributed by atoms with E-state index in [2.05, 4.69) is 11.9 Å². The number of hydrogen-bond donors (Lipinski definition) is 2. The molecule has 0 bridgehead atoms. The van der Waals surface area contributed by atoms with Crippen LogP contribution >= 0.6 is 0 Å². The number of aromatic hydroxyl groups is 1. The zero-order valence-electron chi connectivity index (χ0n) is 15.1. The predicted octanol–water partition coefficient (Wildman–Crippen LogP) is 4.84. The van der Waals surface area contributed by atoms with Gasteiger partial charge in [0.15, 0.2) is 0 Å². The van der Waals surface area contributed by atoms with Gasteiger partial charge < -0.3 is 10.1 Å². The van der Waals surface area contributed by atoms with Crippen LogP contribution in [0, 0.1) is 25.2 Å². The molecule has 0 aliphatic carbocycles. The maximum Gasteiger partial charge on any atom is 0.205 e. The molecule has 26 heavy (non-hydrogen) atoms. The van der Waals surface area contributed by atoms with E-state index in [1.807, 2.05) is 24.3 Å². The number of nitriles is 1. The van der Waals surface area contributed by atoms with Crippen LogP contribution in [0.25, 0.3) is 17.0 Å². The molecule has 0 spiro atoms. The number of nitrogens with one attached hydrogen (secondary N) is 1. The van der Waals surface area contributed by atoms with Crippen LogP contribution in [0.15, 0.2) is 42.1 Å². The Morgan fingerprint density at radius 1 is 1.27 bits per heavy atom. The molecule has 4 nitrogen and oxygen atoms in total. The molecule has 2 N–H and O–H groups in total. The lowest BCUT2D eigenvalue weighted by Crippen LogP contribution is -2.01. The van der Waals surface area contributed by atoms with Gasteiger partial charge in [-0.25, -0.2) is 0 Å². The lowest BCUT2D eigenvalue weighted by atomic mass is 9.98. The van der Waals surface area contributed by atoms with Gasteiger partial charge in [-0.2, -0.15) is 5.26 Å². The van der Waals surface area contributed by atoms with Crippen LogP contribution in [0.4, 0.5) is 0 Å². The van der Waals surface area contributed by atoms with Gasteiger partial charge >= 0.3 is 0 Å². The molecular formula is C22H20N2O2. The number of aromatic amines is 1. The second kappa shape index (κ2) is 6.89. The van der Waals surface area contributed by atoms with Crippen LogP contribution in [0.3, 0.4) is 0 Å². The van der Waals surface area contributed by atoms with Gasteiger partial charge in [0.1, 0.15) is 17.4 Å². The maximum absolute atomic E-state index is 12.9. The number of carbonyl (C=O) groups is 1. The summed E-state index contributed by atoms with van der Waals surface area (Å²) in [6.07, 6.45) is 4.10. The number of H-pyrrole nitrogens is 1. The van der Waals surface area contributed by atoms with Gasteiger partial charge in [-0.3, -0.25) is 4.79 Å². The van der Waals surface area contributed by atoms with E-state index in [4.69, 9.17) is 0 Å². The average Bonchev–Trinajstić information content (AvgIpc) is 3.07. The molecule has 4 heteroatoms. The van der Waals surface area contributed by atoms with Crippen molar-refractivity contribution in [2.45, 2.75) is 27.2 Å². The van der Waals surface area contributed by atoms with Crippen LogP contribution < -0.4 is 0 Å². The zero-order valence-corrected chi connectivity index (χ0v) is 15.1. The third-order valence-corrected chi connectivity index (χ3v) is 4.62. The number of rotatable bonds is 4. The van der Waals surface area contributed by atoms with Gasteiger partial charge in [0, 0.05) is 22.7 Å². The molecule has 130 valence electrons. The quantitative estimate of drug-likeness (QED) is 0.404. The molecular weight excluding hydrogens is 324 g/mol. The number of ketones is 1. The van der Waals surface area contributed by atoms with E-state index in [-0.39, 0.29) is 17.1 Å². The maximum atomic E-state index is 12.9. The predicted molar refractivity (Wildman–Crippen MR) is 103 cm³/mol. The van der Waals surface area contributed by atoms with Gasteiger partial charge in [0.25, 0.3) is 0 Å². The molecule has 0 aliphatic heterocycles. The summed E-state index contributed by atoms with van der Waals surface area (Å²) in [6.45, 7) is 5.65. The first-order valence-corrected chi connectivity index (χ1v) is 8.52. The van der Waals surface area contributed by atoms with E-state index >= 15 is 0 Å². The Hall–Kier alpha value is -3.32. The molecule has 3 aromatic rings. The Morgan fingerprint density at radius 2 is 1.96 bits per heavy atom. The number of phenolic OH excluding ortho intramolecular Hbond substituents is 1. The lowest BCUT2D eigenvalue weighted by molar-refractivity contribution is 0.104. The Kier molecular flexibility index (Phi) is 4.64. The minimum atomic E-state index is -0.310. The number of carbonyl (C=O) groups excluding carboxylic acids is 1. The van der Waals surface area contributed by atoms with E-state index in [1.54, 1.807) is 38.3 Å². The second-order valence-electron chi connectivity index (χ2n) is 6.40. The molecule has 0 saturated heterocycles. The first kappa shape index (κ1) is 17.5. The number of fused-ring (bicyclic) bond motifs is 1. The van der Waals surface area contributed by atoms with Crippen LogP contribution in [0.1, 0.15) is 39.5 Å². The molecule has 0 amide bonds. The van der Waals surface area contributed by atoms with Crippen molar-refractivity contribution in [3.05, 3.63) is 69.9 Å². The fourth-order valence-corrected chi connectivity index (χ4v) is 3.23. The third-order valence-electron chi connectivity index (χ3n) is 4.62. The summed E-state index contributed by atoms with van der Waals surface area (Å²) in [7, 11) is 0. The average molecular weight is 344 g/mol. The summed E-state index contributed by atoms with van der Waals surface area (Å²) in [5, 5.41) is 20.2. The number of allylic oxidation sites excluding steroid dienone is 1. The van der Waals surface area contributed by atoms with Crippen molar-refractivity contribution in [2.24, 2.45) is 0 Å². The number of nitrogens with zero attached hydrogens (tertiary/aromatic N) is 1. The van der Waals surface area contributed by atoms with Crippen molar-refractivity contribution in [1.82, 2.24) is 4.98 Å². The Morgan fingerprint density at radius 3 is 2.58 bits per heavy atom. The number of aryl methyl sites for hydroxylation is 3. The molecule has 1 heterocycles. The first-order valence-electron chi connectivity index (χ1n) is 8.52. The number of aromatic nitrogens is 1. The van der Waals surface area contributed by atoms with E-state index in [9.17, 15) is 15.2 Å². The van der Waals surface area contributed by atoms with Crippen LogP contribution in [-0.2, 0) is 6.42 Å². The van der Waals surface area contributed by atoms with Crippen molar-refractivity contribution in [2.75, 3.05) is 0 Å². The topological polar surface area (TPSA) is 76.9 Å². The minimum Gasteiger partial charge on any atom is -0.507 e. The van der Waals surface area contributed by atoms with Gasteiger partial charge in [0.2, 0.25) is 5.78 Å². The summed E-state index contributed by atoms with van der Waals surface area (Å²) >= 11 is 0. The van der Waals surface area contributed by atoms with Crippen molar-refractivity contribution < 1.29 is 9.90 Å². The van der Waals surface area contributed by atoms with Gasteiger partial charge in [-0.15, -0.1) is 0 Å². The van der Waals surface area contributed by atoms with Crippen molar-refractivity contribution in [3.63, 3.8) is 0 Å². The molecule has 2 aromatic carbocycles. The fraction of sp³-hybridized carbons (Fsp3) is 0.182. The van der Waals surface area contributed by atoms with Crippen LogP contribution in [-0.4, -0.2) is 15.9 Å². The number of benzene rings is 2. The summed E-state index contributed by atoms with van der Waals surface area (Å²) in [5.41, 5.74) is 4.77. The SMILES string of the molecule is CCc1cccc2c(C(=O)/C(C#N)=C/c3cc(C)c(O)c(C)c3)c[nH]c12. The van der Waals surface area contributed by atoms with Gasteiger partial charge in [-0.1, -0.05) is 25.1 Å². The minimum absolute atomic E-state index is 0.0669. The van der Waals surface area contributed by atoms with Crippen LogP contribution in [0.2, 0.25) is 0 Å². The van der Waals surface area contributed by atoms with Gasteiger partial charge in [-0.05, 0) is 60.7 Å². The molecule has 0 atom stereocenters. The summed E-state index contributed by atoms with van der Waals surface area (Å²) in [5.74, 6) is -0.0777. The van der Waals surface area contributed by atoms with Crippen LogP contribution in [0.5, 0.6) is 5.75 Å². The highest BCUT2D eigenvalue weighted by molar-refractivity contribution is 6.20. The van der Waals surface area contributed by atoms with Crippen molar-refractivity contribution in [1.29, 1.82) is 5.26 Å². The molecule has 1 aromatic heterocycles. The van der Waals surface area contributed by atoms with Crippen molar-refractivity contribution in [3.8, 4) is 11.8 Å². The summed E-state index contributed by atoms with van der Waals surface area (Å²) in [6, 6.07) is 11.4. The highest BCUT2D eigenvalue weighted by Crippen LogP contribution is 2.27. The lowest BCUT2D eigenvalue weighted by Gasteiger charge is -2.05. The number of para-hydroxylation sites is 1. The molecule has 0 radical (unpaired) electrons. The van der Waals surface area contributed by atoms with E-state index in [0.717, 1.165) is 28.5 Å². The number of Topliss-reactive ketones (excluding diaryl/α,β-unsaturated/α-hetero) is 1. The first-order chi connectivity index (χ1) is 12.5. The van der Waals surface area contributed by atoms with E-state index in [0.29, 0.717) is 16.7 Å². The number of phenols is 1. The second-order valence-corrected chi connectivity index (χ2v) is 6.40. The highest BCUT2D eigenvalue weighted by atomic mass is 16.3. The van der Waals surface area contributed by atoms with Gasteiger partial charge in [0.05, 0.1) is 0 Å². The standard InChI is InChI=1S/C22H20N2O2/c1-4-16-6-5-7-18-19(12-24-20(16)18)22(26)17(11-23)10-15-8-13(2)21(25)14(3)9-15/h5-10,12,24-25H,4H2,1-3H3/b17-10+. The molecule has 0 aliphatic rings. The van der Waals surface area contributed by atoms with Crippen molar-refractivity contribution >= 4 is 22.8 Å². The molecule has 0 fully saturated rings. The zero-order chi connectivity index (χ0) is 18.8. The fourth-order valence-electron chi connectivity index (χ4n) is 3.23. The smallest absolute Gasteiger partial charge is 0.205 e. The molecule has 0 unspecified atom stereocenters. The number of hydrogen-bond acceptors (Lipinski definition) is 3. The van der Waals surface area contributed by atoms with E-state index in [1.165, 1.54) is 0 Å². The Balaban J connectivity index is 2.07. The Bertz CT molecular complexity index is 1060.